The third kappa shape index (κ3) is 4.78. The highest BCUT2D eigenvalue weighted by molar-refractivity contribution is 6.42. The van der Waals surface area contributed by atoms with E-state index in [0.29, 0.717) is 6.07 Å². The zero-order valence-electron chi connectivity index (χ0n) is 17.9. The van der Waals surface area contributed by atoms with Crippen molar-refractivity contribution in [2.45, 2.75) is 30.2 Å². The van der Waals surface area contributed by atoms with Crippen LogP contribution in [0.1, 0.15) is 27.9 Å². The quantitative estimate of drug-likeness (QED) is 0.549. The van der Waals surface area contributed by atoms with Gasteiger partial charge in [0.25, 0.3) is 11.8 Å². The molecule has 0 saturated carbocycles. The van der Waals surface area contributed by atoms with Crippen molar-refractivity contribution in [3.63, 3.8) is 0 Å². The maximum atomic E-state index is 14.3. The summed E-state index contributed by atoms with van der Waals surface area (Å²) in [4.78, 5) is 33.8. The van der Waals surface area contributed by atoms with Gasteiger partial charge in [-0.05, 0) is 36.2 Å². The van der Waals surface area contributed by atoms with Gasteiger partial charge in [0.05, 0.1) is 21.2 Å². The van der Waals surface area contributed by atoms with Crippen molar-refractivity contribution < 1.29 is 40.8 Å². The Morgan fingerprint density at radius 2 is 1.92 bits per heavy atom. The average Bonchev–Trinajstić information content (AvgIpc) is 3.42. The number of aromatic nitrogens is 1. The molecule has 2 unspecified atom stereocenters. The number of nitrogens with zero attached hydrogens (tertiary/aromatic N) is 2. The molecule has 2 aromatic rings. The predicted octanol–water partition coefficient (Wildman–Crippen LogP) is 4.28. The summed E-state index contributed by atoms with van der Waals surface area (Å²) in [5, 5.41) is 0.904. The van der Waals surface area contributed by atoms with Crippen LogP contribution in [0.25, 0.3) is 0 Å². The molecule has 2 atom stereocenters. The van der Waals surface area contributed by atoms with Gasteiger partial charge in [0.2, 0.25) is 0 Å². The van der Waals surface area contributed by atoms with E-state index in [1.165, 1.54) is 17.0 Å². The molecule has 2 amide bonds. The lowest BCUT2D eigenvalue weighted by atomic mass is 9.78. The van der Waals surface area contributed by atoms with Crippen molar-refractivity contribution in [3.05, 3.63) is 57.2 Å². The first-order valence-electron chi connectivity index (χ1n) is 10.3. The van der Waals surface area contributed by atoms with Crippen LogP contribution in [0.2, 0.25) is 10.0 Å². The van der Waals surface area contributed by atoms with Crippen molar-refractivity contribution in [1.29, 1.82) is 0 Å². The normalized spacial score (nSPS) is 22.6. The minimum atomic E-state index is -5.01. The molecule has 0 radical (unpaired) electrons. The summed E-state index contributed by atoms with van der Waals surface area (Å²) in [7, 11) is 0. The molecule has 0 aliphatic carbocycles. The minimum absolute atomic E-state index is 0.0408. The van der Waals surface area contributed by atoms with Gasteiger partial charge in [-0.3, -0.25) is 14.4 Å². The Balaban J connectivity index is 1.60. The Labute approximate surface area is 209 Å². The number of nitrogens with one attached hydrogen (secondary N) is 2. The first-order valence-corrected chi connectivity index (χ1v) is 11.1. The lowest BCUT2D eigenvalue weighted by Gasteiger charge is -2.33. The van der Waals surface area contributed by atoms with Gasteiger partial charge in [-0.15, -0.1) is 0 Å². The van der Waals surface area contributed by atoms with Crippen LogP contribution >= 0.6 is 23.2 Å². The molecule has 1 aromatic carbocycles. The van der Waals surface area contributed by atoms with Gasteiger partial charge in [-0.2, -0.15) is 26.3 Å². The number of benzene rings is 1. The molecule has 3 heterocycles. The number of carbonyl (C=O) groups is 2. The summed E-state index contributed by atoms with van der Waals surface area (Å²) in [5.74, 6) is -1.11. The number of hydroxylamine groups is 1. The van der Waals surface area contributed by atoms with E-state index in [0.717, 1.165) is 12.3 Å². The third-order valence-electron chi connectivity index (χ3n) is 6.08. The molecule has 4 rings (SSSR count). The smallest absolute Gasteiger partial charge is 0.355 e. The highest BCUT2D eigenvalue weighted by Crippen LogP contribution is 2.51. The number of anilines is 1. The second kappa shape index (κ2) is 9.27. The number of hydrogen-bond acceptors (Lipinski definition) is 5. The first-order chi connectivity index (χ1) is 16.7. The molecule has 1 aromatic heterocycles. The van der Waals surface area contributed by atoms with Crippen molar-refractivity contribution in [2.75, 3.05) is 24.6 Å². The summed E-state index contributed by atoms with van der Waals surface area (Å²) in [6.45, 7) is -0.989. The summed E-state index contributed by atoms with van der Waals surface area (Å²) in [6.07, 6.45) is -9.38. The Morgan fingerprint density at radius 3 is 2.47 bits per heavy atom. The van der Waals surface area contributed by atoms with E-state index in [1.54, 1.807) is 0 Å². The highest BCUT2D eigenvalue weighted by atomic mass is 35.5. The van der Waals surface area contributed by atoms with E-state index in [9.17, 15) is 35.9 Å². The fraction of sp³-hybridized carbons (Fsp3) is 0.381. The SMILES string of the molecule is O=C(NC1CONC1=O)c1ccc(N2CCC(c3cc(Cl)c(Cl)c(C(F)(F)F)c3)(C(F)(F)F)C2)nc1. The molecular weight excluding hydrogens is 541 g/mol. The molecule has 2 aliphatic heterocycles. The molecule has 2 aliphatic rings. The topological polar surface area (TPSA) is 83.6 Å². The zero-order chi connectivity index (χ0) is 26.5. The van der Waals surface area contributed by atoms with Gasteiger partial charge in [0.15, 0.2) is 0 Å². The van der Waals surface area contributed by atoms with Crippen molar-refractivity contribution in [1.82, 2.24) is 15.8 Å². The Bertz CT molecular complexity index is 1190. The number of hydrogen-bond donors (Lipinski definition) is 2. The van der Waals surface area contributed by atoms with Crippen molar-refractivity contribution in [2.24, 2.45) is 0 Å². The molecule has 0 bridgehead atoms. The molecule has 0 spiro atoms. The monoisotopic (exact) mass is 556 g/mol. The van der Waals surface area contributed by atoms with Crippen LogP contribution in [0, 0.1) is 0 Å². The summed E-state index contributed by atoms with van der Waals surface area (Å²) in [6, 6.07) is 2.90. The van der Waals surface area contributed by atoms with Crippen LogP contribution in [0.15, 0.2) is 30.5 Å². The molecule has 7 nitrogen and oxygen atoms in total. The molecular formula is C21H16Cl2F6N4O3. The van der Waals surface area contributed by atoms with E-state index >= 15 is 0 Å². The lowest BCUT2D eigenvalue weighted by Crippen LogP contribution is -2.45. The number of amides is 2. The Kier molecular flexibility index (Phi) is 6.77. The van der Waals surface area contributed by atoms with Crippen LogP contribution in [0.3, 0.4) is 0 Å². The molecule has 15 heteroatoms. The number of rotatable bonds is 4. The van der Waals surface area contributed by atoms with Crippen LogP contribution in [-0.4, -0.2) is 48.7 Å². The van der Waals surface area contributed by atoms with E-state index in [-0.39, 0.29) is 24.5 Å². The van der Waals surface area contributed by atoms with Gasteiger partial charge in [0.1, 0.15) is 23.9 Å². The number of alkyl halides is 6. The lowest BCUT2D eigenvalue weighted by molar-refractivity contribution is -0.184. The van der Waals surface area contributed by atoms with Gasteiger partial charge in [0, 0.05) is 19.3 Å². The largest absolute Gasteiger partial charge is 0.417 e. The molecule has 2 fully saturated rings. The fourth-order valence-electron chi connectivity index (χ4n) is 4.11. The van der Waals surface area contributed by atoms with Crippen LogP contribution in [0.4, 0.5) is 32.2 Å². The van der Waals surface area contributed by atoms with Gasteiger partial charge >= 0.3 is 12.4 Å². The first kappa shape index (κ1) is 26.3. The standard InChI is InChI=1S/C21H16Cl2F6N4O3/c22-13-6-11(5-12(16(13)23)20(24,25)26)19(21(27,28)29)3-4-33(9-19)15-2-1-10(7-30-15)17(34)31-14-8-36-32-18(14)35/h1-2,5-7,14H,3-4,8-9H2,(H,31,34)(H,32,35). The number of carbonyl (C=O) groups excluding carboxylic acids is 2. The average molecular weight is 557 g/mol. The third-order valence-corrected chi connectivity index (χ3v) is 6.88. The van der Waals surface area contributed by atoms with Gasteiger partial charge in [-0.1, -0.05) is 23.2 Å². The zero-order valence-corrected chi connectivity index (χ0v) is 19.4. The van der Waals surface area contributed by atoms with Gasteiger partial charge < -0.3 is 10.2 Å². The number of pyridine rings is 1. The van der Waals surface area contributed by atoms with Crippen molar-refractivity contribution >= 4 is 40.8 Å². The minimum Gasteiger partial charge on any atom is -0.355 e. The second-order valence-electron chi connectivity index (χ2n) is 8.28. The number of halogens is 8. The summed E-state index contributed by atoms with van der Waals surface area (Å²) < 4.78 is 83.3. The van der Waals surface area contributed by atoms with Crippen LogP contribution in [0.5, 0.6) is 0 Å². The summed E-state index contributed by atoms with van der Waals surface area (Å²) in [5.41, 5.74) is -2.67. The Hall–Kier alpha value is -2.77. The molecule has 2 N–H and O–H groups in total. The maximum Gasteiger partial charge on any atom is 0.417 e. The molecule has 36 heavy (non-hydrogen) atoms. The van der Waals surface area contributed by atoms with Crippen LogP contribution in [-0.2, 0) is 21.2 Å². The van der Waals surface area contributed by atoms with Crippen molar-refractivity contribution in [3.8, 4) is 0 Å². The second-order valence-corrected chi connectivity index (χ2v) is 9.06. The maximum absolute atomic E-state index is 14.3. The fourth-order valence-corrected chi connectivity index (χ4v) is 4.54. The van der Waals surface area contributed by atoms with Crippen LogP contribution < -0.4 is 15.7 Å². The predicted molar refractivity (Wildman–Crippen MR) is 116 cm³/mol. The van der Waals surface area contributed by atoms with E-state index in [2.05, 4.69) is 15.8 Å². The van der Waals surface area contributed by atoms with E-state index in [1.807, 2.05) is 0 Å². The molecule has 2 saturated heterocycles. The van der Waals surface area contributed by atoms with Gasteiger partial charge in [-0.25, -0.2) is 10.5 Å². The highest BCUT2D eigenvalue weighted by Gasteiger charge is 2.59. The Morgan fingerprint density at radius 1 is 1.19 bits per heavy atom. The molecule has 194 valence electrons. The van der Waals surface area contributed by atoms with E-state index in [4.69, 9.17) is 28.0 Å². The van der Waals surface area contributed by atoms with E-state index < -0.39 is 69.8 Å². The summed E-state index contributed by atoms with van der Waals surface area (Å²) >= 11 is 11.4.